The van der Waals surface area contributed by atoms with Crippen LogP contribution in [-0.2, 0) is 0 Å². The molecule has 2 heterocycles. The summed E-state index contributed by atoms with van der Waals surface area (Å²) in [5.41, 5.74) is 7.70. The minimum atomic E-state index is 0.264. The summed E-state index contributed by atoms with van der Waals surface area (Å²) < 4.78 is 11.3. The highest BCUT2D eigenvalue weighted by Gasteiger charge is 2.31. The van der Waals surface area contributed by atoms with Crippen molar-refractivity contribution in [2.75, 3.05) is 32.8 Å². The normalized spacial score (nSPS) is 22.8. The Kier molecular flexibility index (Phi) is 4.09. The number of hydrogen-bond acceptors (Lipinski definition) is 4. The second-order valence-corrected chi connectivity index (χ2v) is 6.89. The topological polar surface area (TPSA) is 47.7 Å². The van der Waals surface area contributed by atoms with Crippen molar-refractivity contribution in [2.45, 2.75) is 32.7 Å². The lowest BCUT2D eigenvalue weighted by Gasteiger charge is -2.42. The molecule has 1 atom stereocenters. The molecule has 0 amide bonds. The highest BCUT2D eigenvalue weighted by Crippen LogP contribution is 2.37. The fourth-order valence-electron chi connectivity index (χ4n) is 3.50. The van der Waals surface area contributed by atoms with E-state index < -0.39 is 0 Å². The minimum Gasteiger partial charge on any atom is -0.486 e. The van der Waals surface area contributed by atoms with Crippen molar-refractivity contribution < 1.29 is 9.47 Å². The summed E-state index contributed by atoms with van der Waals surface area (Å²) in [5.74, 6) is 1.70. The third kappa shape index (κ3) is 3.16. The molecule has 0 spiro atoms. The number of piperidine rings is 1. The van der Waals surface area contributed by atoms with Gasteiger partial charge in [0.1, 0.15) is 13.2 Å². The van der Waals surface area contributed by atoms with Crippen LogP contribution in [0.1, 0.15) is 38.3 Å². The molecule has 0 bridgehead atoms. The lowest BCUT2D eigenvalue weighted by atomic mass is 9.83. The van der Waals surface area contributed by atoms with Gasteiger partial charge in [-0.05, 0) is 42.5 Å². The number of hydrogen-bond donors (Lipinski definition) is 1. The molecule has 1 unspecified atom stereocenters. The standard InChI is InChI=1S/C17H26N2O2/c1-17(2)6-3-7-19(12-17)14(11-18)13-4-5-15-16(10-13)21-9-8-20-15/h4-5,10,14H,3,6-9,11-12,18H2,1-2H3. The summed E-state index contributed by atoms with van der Waals surface area (Å²) in [4.78, 5) is 2.52. The average Bonchev–Trinajstić information content (AvgIpc) is 2.47. The van der Waals surface area contributed by atoms with Crippen LogP contribution in [0.2, 0.25) is 0 Å². The molecule has 21 heavy (non-hydrogen) atoms. The van der Waals surface area contributed by atoms with Crippen LogP contribution < -0.4 is 15.2 Å². The SMILES string of the molecule is CC1(C)CCCN(C(CN)c2ccc3c(c2)OCCO3)C1. The zero-order chi connectivity index (χ0) is 14.9. The fraction of sp³-hybridized carbons (Fsp3) is 0.647. The number of likely N-dealkylation sites (tertiary alicyclic amines) is 1. The first-order valence-electron chi connectivity index (χ1n) is 7.93. The van der Waals surface area contributed by atoms with Gasteiger partial charge in [0.25, 0.3) is 0 Å². The second kappa shape index (κ2) is 5.85. The molecule has 0 radical (unpaired) electrons. The van der Waals surface area contributed by atoms with E-state index in [0.29, 0.717) is 25.2 Å². The first-order chi connectivity index (χ1) is 10.1. The lowest BCUT2D eigenvalue weighted by molar-refractivity contribution is 0.0803. The van der Waals surface area contributed by atoms with Crippen molar-refractivity contribution in [2.24, 2.45) is 11.1 Å². The van der Waals surface area contributed by atoms with Gasteiger partial charge in [-0.1, -0.05) is 19.9 Å². The smallest absolute Gasteiger partial charge is 0.161 e. The molecule has 2 aliphatic rings. The summed E-state index contributed by atoms with van der Waals surface area (Å²) in [6, 6.07) is 6.52. The van der Waals surface area contributed by atoms with Gasteiger partial charge in [-0.25, -0.2) is 0 Å². The molecule has 1 fully saturated rings. The zero-order valence-corrected chi connectivity index (χ0v) is 13.1. The van der Waals surface area contributed by atoms with Crippen molar-refractivity contribution >= 4 is 0 Å². The number of fused-ring (bicyclic) bond motifs is 1. The summed E-state index contributed by atoms with van der Waals surface area (Å²) in [6.45, 7) is 8.80. The van der Waals surface area contributed by atoms with Gasteiger partial charge in [0.05, 0.1) is 0 Å². The van der Waals surface area contributed by atoms with Gasteiger partial charge >= 0.3 is 0 Å². The Morgan fingerprint density at radius 3 is 2.71 bits per heavy atom. The van der Waals surface area contributed by atoms with Crippen molar-refractivity contribution in [3.63, 3.8) is 0 Å². The molecular weight excluding hydrogens is 264 g/mol. The minimum absolute atomic E-state index is 0.264. The predicted octanol–water partition coefficient (Wildman–Crippen LogP) is 2.58. The van der Waals surface area contributed by atoms with Gasteiger partial charge in [0.2, 0.25) is 0 Å². The fourth-order valence-corrected chi connectivity index (χ4v) is 3.50. The van der Waals surface area contributed by atoms with Crippen LogP contribution >= 0.6 is 0 Å². The van der Waals surface area contributed by atoms with E-state index in [1.54, 1.807) is 0 Å². The Morgan fingerprint density at radius 1 is 1.24 bits per heavy atom. The molecule has 0 aliphatic carbocycles. The van der Waals surface area contributed by atoms with Gasteiger partial charge in [-0.2, -0.15) is 0 Å². The number of benzene rings is 1. The largest absolute Gasteiger partial charge is 0.486 e. The van der Waals surface area contributed by atoms with E-state index in [9.17, 15) is 0 Å². The summed E-state index contributed by atoms with van der Waals surface area (Å²) in [6.07, 6.45) is 2.54. The highest BCUT2D eigenvalue weighted by molar-refractivity contribution is 5.44. The molecule has 2 aliphatic heterocycles. The van der Waals surface area contributed by atoms with Crippen LogP contribution in [0.15, 0.2) is 18.2 Å². The van der Waals surface area contributed by atoms with Gasteiger partial charge in [-0.3, -0.25) is 4.90 Å². The van der Waals surface area contributed by atoms with Crippen molar-refractivity contribution in [3.05, 3.63) is 23.8 Å². The van der Waals surface area contributed by atoms with Crippen molar-refractivity contribution in [3.8, 4) is 11.5 Å². The Hall–Kier alpha value is -1.26. The summed E-state index contributed by atoms with van der Waals surface area (Å²) in [7, 11) is 0. The maximum absolute atomic E-state index is 6.09. The first kappa shape index (κ1) is 14.7. The molecule has 1 aromatic carbocycles. The van der Waals surface area contributed by atoms with E-state index in [4.69, 9.17) is 15.2 Å². The maximum atomic E-state index is 6.09. The van der Waals surface area contributed by atoms with Crippen molar-refractivity contribution in [1.29, 1.82) is 0 Å². The predicted molar refractivity (Wildman–Crippen MR) is 83.8 cm³/mol. The van der Waals surface area contributed by atoms with Gasteiger partial charge < -0.3 is 15.2 Å². The molecule has 1 aromatic rings. The van der Waals surface area contributed by atoms with Crippen LogP contribution in [-0.4, -0.2) is 37.7 Å². The van der Waals surface area contributed by atoms with E-state index in [0.717, 1.165) is 24.6 Å². The van der Waals surface area contributed by atoms with Gasteiger partial charge in [-0.15, -0.1) is 0 Å². The van der Waals surface area contributed by atoms with Crippen molar-refractivity contribution in [1.82, 2.24) is 4.90 Å². The van der Waals surface area contributed by atoms with Gasteiger partial charge in [0.15, 0.2) is 11.5 Å². The number of nitrogens with two attached hydrogens (primary N) is 1. The molecule has 0 saturated carbocycles. The van der Waals surface area contributed by atoms with Crippen LogP contribution in [0.3, 0.4) is 0 Å². The van der Waals surface area contributed by atoms with Crippen LogP contribution in [0.25, 0.3) is 0 Å². The second-order valence-electron chi connectivity index (χ2n) is 6.89. The molecule has 0 aromatic heterocycles. The quantitative estimate of drug-likeness (QED) is 0.929. The molecular formula is C17H26N2O2. The van der Waals surface area contributed by atoms with E-state index in [-0.39, 0.29) is 6.04 Å². The monoisotopic (exact) mass is 290 g/mol. The zero-order valence-electron chi connectivity index (χ0n) is 13.1. The van der Waals surface area contributed by atoms with E-state index in [1.165, 1.54) is 18.4 Å². The molecule has 3 rings (SSSR count). The Labute approximate surface area is 127 Å². The Balaban J connectivity index is 1.82. The number of nitrogens with zero attached hydrogens (tertiary/aromatic N) is 1. The van der Waals surface area contributed by atoms with E-state index in [2.05, 4.69) is 30.9 Å². The van der Waals surface area contributed by atoms with Crippen LogP contribution in [0, 0.1) is 5.41 Å². The summed E-state index contributed by atoms with van der Waals surface area (Å²) in [5, 5.41) is 0. The number of rotatable bonds is 3. The third-order valence-corrected chi connectivity index (χ3v) is 4.55. The van der Waals surface area contributed by atoms with E-state index >= 15 is 0 Å². The molecule has 4 nitrogen and oxygen atoms in total. The Morgan fingerprint density at radius 2 is 2.00 bits per heavy atom. The van der Waals surface area contributed by atoms with E-state index in [1.807, 2.05) is 6.07 Å². The molecule has 1 saturated heterocycles. The van der Waals surface area contributed by atoms with Crippen LogP contribution in [0.4, 0.5) is 0 Å². The molecule has 2 N–H and O–H groups in total. The average molecular weight is 290 g/mol. The van der Waals surface area contributed by atoms with Crippen LogP contribution in [0.5, 0.6) is 11.5 Å². The number of ether oxygens (including phenoxy) is 2. The third-order valence-electron chi connectivity index (χ3n) is 4.55. The first-order valence-corrected chi connectivity index (χ1v) is 7.93. The summed E-state index contributed by atoms with van der Waals surface area (Å²) >= 11 is 0. The maximum Gasteiger partial charge on any atom is 0.161 e. The highest BCUT2D eigenvalue weighted by atomic mass is 16.6. The van der Waals surface area contributed by atoms with Gasteiger partial charge in [0, 0.05) is 19.1 Å². The Bertz CT molecular complexity index is 502. The lowest BCUT2D eigenvalue weighted by Crippen LogP contribution is -2.44. The molecule has 116 valence electrons. The molecule has 4 heteroatoms.